The number of nitrogens with zero attached hydrogens (tertiary/aromatic N) is 1. The van der Waals surface area contributed by atoms with Gasteiger partial charge in [0, 0.05) is 19.7 Å². The summed E-state index contributed by atoms with van der Waals surface area (Å²) in [5.41, 5.74) is 0.855. The zero-order valence-corrected chi connectivity index (χ0v) is 16.6. The lowest BCUT2D eigenvalue weighted by Gasteiger charge is -2.36. The Labute approximate surface area is 169 Å². The second-order valence-electron chi connectivity index (χ2n) is 6.14. The van der Waals surface area contributed by atoms with E-state index in [0.29, 0.717) is 26.3 Å². The topological polar surface area (TPSA) is 97.0 Å². The molecule has 1 aliphatic rings. The van der Waals surface area contributed by atoms with Crippen molar-refractivity contribution in [2.75, 3.05) is 32.9 Å². The number of carbonyl (C=O) groups is 3. The lowest BCUT2D eigenvalue weighted by Crippen LogP contribution is -2.60. The lowest BCUT2D eigenvalue weighted by molar-refractivity contribution is -0.148. The molecule has 1 saturated heterocycles. The summed E-state index contributed by atoms with van der Waals surface area (Å²) in [7, 11) is 0. The molecule has 1 aromatic carbocycles. The molecule has 0 bridgehead atoms. The van der Waals surface area contributed by atoms with Gasteiger partial charge in [-0.05, 0) is 24.7 Å². The summed E-state index contributed by atoms with van der Waals surface area (Å²) in [6.45, 7) is 3.58. The van der Waals surface area contributed by atoms with Crippen LogP contribution in [0.2, 0.25) is 0 Å². The standard InChI is InChI=1S/C19H25N3O5S/c1-2-26-10-11-27-17(24)13-15-18(25)20-8-9-22(15)19(28)21-16(23)12-14-6-4-3-5-7-14/h3-7,15H,2,8-13H2,1H3,(H,20,25)(H,21,23,28). The summed E-state index contributed by atoms with van der Waals surface area (Å²) in [5.74, 6) is -1.13. The van der Waals surface area contributed by atoms with E-state index in [1.54, 1.807) is 4.90 Å². The molecule has 1 fully saturated rings. The Hall–Kier alpha value is -2.52. The molecule has 1 heterocycles. The van der Waals surface area contributed by atoms with Gasteiger partial charge < -0.3 is 25.0 Å². The van der Waals surface area contributed by atoms with Gasteiger partial charge in [-0.2, -0.15) is 0 Å². The second-order valence-corrected chi connectivity index (χ2v) is 6.52. The summed E-state index contributed by atoms with van der Waals surface area (Å²) in [5, 5.41) is 5.48. The van der Waals surface area contributed by atoms with E-state index in [2.05, 4.69) is 10.6 Å². The summed E-state index contributed by atoms with van der Waals surface area (Å²) in [6, 6.07) is 8.44. The van der Waals surface area contributed by atoms with Crippen LogP contribution < -0.4 is 10.6 Å². The molecular weight excluding hydrogens is 382 g/mol. The highest BCUT2D eigenvalue weighted by atomic mass is 32.1. The van der Waals surface area contributed by atoms with Crippen LogP contribution in [0.15, 0.2) is 30.3 Å². The molecule has 2 amide bonds. The van der Waals surface area contributed by atoms with Crippen molar-refractivity contribution in [1.82, 2.24) is 15.5 Å². The maximum Gasteiger partial charge on any atom is 0.308 e. The fraction of sp³-hybridized carbons (Fsp3) is 0.474. The third kappa shape index (κ3) is 6.90. The number of piperazine rings is 1. The van der Waals surface area contributed by atoms with Gasteiger partial charge in [-0.15, -0.1) is 0 Å². The Morgan fingerprint density at radius 1 is 1.29 bits per heavy atom. The number of carbonyl (C=O) groups excluding carboxylic acids is 3. The number of ether oxygens (including phenoxy) is 2. The molecule has 0 spiro atoms. The Kier molecular flexibility index (Phi) is 8.83. The van der Waals surface area contributed by atoms with Crippen molar-refractivity contribution in [1.29, 1.82) is 0 Å². The Bertz CT molecular complexity index is 698. The first kappa shape index (κ1) is 21.8. The predicted molar refractivity (Wildman–Crippen MR) is 106 cm³/mol. The third-order valence-corrected chi connectivity index (χ3v) is 4.44. The Morgan fingerprint density at radius 2 is 2.04 bits per heavy atom. The number of amides is 2. The number of benzene rings is 1. The largest absolute Gasteiger partial charge is 0.463 e. The molecule has 2 N–H and O–H groups in total. The zero-order chi connectivity index (χ0) is 20.4. The van der Waals surface area contributed by atoms with Gasteiger partial charge >= 0.3 is 5.97 Å². The van der Waals surface area contributed by atoms with Crippen molar-refractivity contribution in [2.24, 2.45) is 0 Å². The van der Waals surface area contributed by atoms with Gasteiger partial charge in [-0.1, -0.05) is 30.3 Å². The maximum atomic E-state index is 12.2. The SMILES string of the molecule is CCOCCOC(=O)CC1C(=O)NCCN1C(=S)NC(=O)Cc1ccccc1. The molecule has 9 heteroatoms. The van der Waals surface area contributed by atoms with Crippen LogP contribution in [-0.4, -0.2) is 66.7 Å². The van der Waals surface area contributed by atoms with Gasteiger partial charge in [-0.25, -0.2) is 0 Å². The monoisotopic (exact) mass is 407 g/mol. The van der Waals surface area contributed by atoms with Crippen LogP contribution >= 0.6 is 12.2 Å². The van der Waals surface area contributed by atoms with E-state index in [4.69, 9.17) is 21.7 Å². The van der Waals surface area contributed by atoms with Gasteiger partial charge in [0.15, 0.2) is 5.11 Å². The molecule has 1 aliphatic heterocycles. The van der Waals surface area contributed by atoms with Crippen LogP contribution in [0.5, 0.6) is 0 Å². The highest BCUT2D eigenvalue weighted by Gasteiger charge is 2.34. The van der Waals surface area contributed by atoms with Crippen LogP contribution in [0.3, 0.4) is 0 Å². The maximum absolute atomic E-state index is 12.2. The molecule has 1 aromatic rings. The van der Waals surface area contributed by atoms with Gasteiger partial charge in [0.1, 0.15) is 12.6 Å². The molecule has 152 valence electrons. The first-order valence-corrected chi connectivity index (χ1v) is 9.57. The quantitative estimate of drug-likeness (QED) is 0.366. The first-order valence-electron chi connectivity index (χ1n) is 9.16. The Morgan fingerprint density at radius 3 is 2.75 bits per heavy atom. The van der Waals surface area contributed by atoms with E-state index in [-0.39, 0.29) is 36.4 Å². The van der Waals surface area contributed by atoms with E-state index in [0.717, 1.165) is 5.56 Å². The van der Waals surface area contributed by atoms with Crippen molar-refractivity contribution in [2.45, 2.75) is 25.8 Å². The van der Waals surface area contributed by atoms with Crippen LogP contribution in [0.1, 0.15) is 18.9 Å². The van der Waals surface area contributed by atoms with Crippen molar-refractivity contribution >= 4 is 35.1 Å². The van der Waals surface area contributed by atoms with Gasteiger partial charge in [-0.3, -0.25) is 14.4 Å². The van der Waals surface area contributed by atoms with E-state index in [1.165, 1.54) is 0 Å². The minimum Gasteiger partial charge on any atom is -0.463 e. The van der Waals surface area contributed by atoms with Crippen molar-refractivity contribution in [3.05, 3.63) is 35.9 Å². The Balaban J connectivity index is 1.90. The molecule has 1 atom stereocenters. The average Bonchev–Trinajstić information content (AvgIpc) is 2.67. The number of nitrogens with one attached hydrogen (secondary N) is 2. The molecule has 1 unspecified atom stereocenters. The molecule has 0 aromatic heterocycles. The average molecular weight is 407 g/mol. The van der Waals surface area contributed by atoms with Gasteiger partial charge in [0.2, 0.25) is 11.8 Å². The summed E-state index contributed by atoms with van der Waals surface area (Å²) in [4.78, 5) is 38.1. The van der Waals surface area contributed by atoms with Crippen LogP contribution in [-0.2, 0) is 30.3 Å². The number of esters is 1. The number of thiocarbonyl (C=S) groups is 1. The summed E-state index contributed by atoms with van der Waals surface area (Å²) >= 11 is 5.31. The minimum atomic E-state index is -0.821. The molecule has 0 radical (unpaired) electrons. The van der Waals surface area contributed by atoms with Crippen LogP contribution in [0.25, 0.3) is 0 Å². The van der Waals surface area contributed by atoms with E-state index in [9.17, 15) is 14.4 Å². The van der Waals surface area contributed by atoms with Crippen LogP contribution in [0, 0.1) is 0 Å². The molecule has 2 rings (SSSR count). The summed E-state index contributed by atoms with van der Waals surface area (Å²) in [6.07, 6.45) is 0.0117. The van der Waals surface area contributed by atoms with Crippen molar-refractivity contribution in [3.8, 4) is 0 Å². The normalized spacial score (nSPS) is 16.2. The highest BCUT2D eigenvalue weighted by molar-refractivity contribution is 7.80. The van der Waals surface area contributed by atoms with Gasteiger partial charge in [0.05, 0.1) is 19.4 Å². The smallest absolute Gasteiger partial charge is 0.308 e. The lowest BCUT2D eigenvalue weighted by atomic mass is 10.1. The second kappa shape index (κ2) is 11.4. The highest BCUT2D eigenvalue weighted by Crippen LogP contribution is 2.11. The van der Waals surface area contributed by atoms with Crippen LogP contribution in [0.4, 0.5) is 0 Å². The minimum absolute atomic E-state index is 0.124. The molecule has 0 saturated carbocycles. The molecule has 8 nitrogen and oxygen atoms in total. The van der Waals surface area contributed by atoms with Crippen molar-refractivity contribution in [3.63, 3.8) is 0 Å². The number of hydrogen-bond acceptors (Lipinski definition) is 6. The number of rotatable bonds is 8. The zero-order valence-electron chi connectivity index (χ0n) is 15.8. The predicted octanol–water partition coefficient (Wildman–Crippen LogP) is 0.400. The first-order chi connectivity index (χ1) is 13.5. The van der Waals surface area contributed by atoms with E-state index < -0.39 is 12.0 Å². The van der Waals surface area contributed by atoms with Gasteiger partial charge in [0.25, 0.3) is 0 Å². The third-order valence-electron chi connectivity index (χ3n) is 4.10. The fourth-order valence-corrected chi connectivity index (χ4v) is 3.09. The molecule has 0 aliphatic carbocycles. The fourth-order valence-electron chi connectivity index (χ4n) is 2.75. The number of hydrogen-bond donors (Lipinski definition) is 2. The molecular formula is C19H25N3O5S. The van der Waals surface area contributed by atoms with Crippen molar-refractivity contribution < 1.29 is 23.9 Å². The molecule has 28 heavy (non-hydrogen) atoms. The summed E-state index contributed by atoms with van der Waals surface area (Å²) < 4.78 is 10.2. The van der Waals surface area contributed by atoms with E-state index in [1.807, 2.05) is 37.3 Å². The van der Waals surface area contributed by atoms with E-state index >= 15 is 0 Å².